The molecule has 0 saturated carbocycles. The first-order chi connectivity index (χ1) is 11.9. The standard InChI is InChI=1S/C20H28N2O3/c1-15(2)13-22-14-16(12-18(22)23)19(24)21-10-8-20(25,9-11-21)17-6-4-3-5-7-17/h3-7,15-16,25H,8-14H2,1-2H3. The fourth-order valence-corrected chi connectivity index (χ4v) is 3.95. The van der Waals surface area contributed by atoms with Gasteiger partial charge in [-0.05, 0) is 24.3 Å². The number of piperidine rings is 1. The Bertz CT molecular complexity index is 621. The molecule has 0 bridgehead atoms. The van der Waals surface area contributed by atoms with E-state index in [1.54, 1.807) is 0 Å². The second kappa shape index (κ2) is 7.16. The highest BCUT2D eigenvalue weighted by molar-refractivity contribution is 5.89. The Labute approximate surface area is 149 Å². The van der Waals surface area contributed by atoms with Crippen molar-refractivity contribution in [1.82, 2.24) is 9.80 Å². The van der Waals surface area contributed by atoms with Crippen LogP contribution in [0.4, 0.5) is 0 Å². The summed E-state index contributed by atoms with van der Waals surface area (Å²) in [7, 11) is 0. The van der Waals surface area contributed by atoms with Gasteiger partial charge >= 0.3 is 0 Å². The first kappa shape index (κ1) is 17.9. The van der Waals surface area contributed by atoms with Crippen molar-refractivity contribution < 1.29 is 14.7 Å². The van der Waals surface area contributed by atoms with E-state index in [4.69, 9.17) is 0 Å². The quantitative estimate of drug-likeness (QED) is 0.909. The minimum Gasteiger partial charge on any atom is -0.385 e. The lowest BCUT2D eigenvalue weighted by atomic mass is 9.84. The third kappa shape index (κ3) is 3.87. The topological polar surface area (TPSA) is 60.9 Å². The van der Waals surface area contributed by atoms with Crippen LogP contribution in [0.5, 0.6) is 0 Å². The van der Waals surface area contributed by atoms with Crippen molar-refractivity contribution in [2.24, 2.45) is 11.8 Å². The molecule has 1 aromatic rings. The van der Waals surface area contributed by atoms with Crippen LogP contribution in [0.15, 0.2) is 30.3 Å². The monoisotopic (exact) mass is 344 g/mol. The van der Waals surface area contributed by atoms with Crippen molar-refractivity contribution in [2.75, 3.05) is 26.2 Å². The fraction of sp³-hybridized carbons (Fsp3) is 0.600. The van der Waals surface area contributed by atoms with Gasteiger partial charge in [0.1, 0.15) is 0 Å². The summed E-state index contributed by atoms with van der Waals surface area (Å²) < 4.78 is 0. The van der Waals surface area contributed by atoms with Crippen LogP contribution in [-0.2, 0) is 15.2 Å². The highest BCUT2D eigenvalue weighted by atomic mass is 16.3. The SMILES string of the molecule is CC(C)CN1CC(C(=O)N2CCC(O)(c3ccccc3)CC2)CC1=O. The van der Waals surface area contributed by atoms with E-state index >= 15 is 0 Å². The molecule has 0 aromatic heterocycles. The summed E-state index contributed by atoms with van der Waals surface area (Å²) in [6, 6.07) is 9.68. The number of rotatable bonds is 4. The van der Waals surface area contributed by atoms with Gasteiger partial charge < -0.3 is 14.9 Å². The number of hydrogen-bond acceptors (Lipinski definition) is 3. The van der Waals surface area contributed by atoms with E-state index in [-0.39, 0.29) is 17.7 Å². The summed E-state index contributed by atoms with van der Waals surface area (Å²) in [5.41, 5.74) is 0.0639. The van der Waals surface area contributed by atoms with E-state index in [2.05, 4.69) is 13.8 Å². The van der Waals surface area contributed by atoms with Gasteiger partial charge in [-0.2, -0.15) is 0 Å². The third-order valence-corrected chi connectivity index (χ3v) is 5.36. The number of carbonyl (C=O) groups is 2. The van der Waals surface area contributed by atoms with Gasteiger partial charge in [-0.1, -0.05) is 44.2 Å². The van der Waals surface area contributed by atoms with Crippen LogP contribution in [0.2, 0.25) is 0 Å². The largest absolute Gasteiger partial charge is 0.385 e. The second-order valence-corrected chi connectivity index (χ2v) is 7.82. The van der Waals surface area contributed by atoms with Crippen molar-refractivity contribution >= 4 is 11.8 Å². The maximum absolute atomic E-state index is 12.8. The molecule has 0 spiro atoms. The Kier molecular flexibility index (Phi) is 5.13. The average Bonchev–Trinajstić information content (AvgIpc) is 2.96. The van der Waals surface area contributed by atoms with Crippen LogP contribution >= 0.6 is 0 Å². The van der Waals surface area contributed by atoms with Crippen molar-refractivity contribution in [2.45, 2.75) is 38.7 Å². The molecule has 2 saturated heterocycles. The molecule has 2 amide bonds. The van der Waals surface area contributed by atoms with Crippen molar-refractivity contribution in [3.63, 3.8) is 0 Å². The molecule has 0 aliphatic carbocycles. The molecule has 2 aliphatic rings. The van der Waals surface area contributed by atoms with Crippen molar-refractivity contribution in [3.8, 4) is 0 Å². The van der Waals surface area contributed by atoms with Crippen LogP contribution in [0.25, 0.3) is 0 Å². The zero-order valence-electron chi connectivity index (χ0n) is 15.1. The smallest absolute Gasteiger partial charge is 0.227 e. The van der Waals surface area contributed by atoms with Gasteiger partial charge in [-0.25, -0.2) is 0 Å². The van der Waals surface area contributed by atoms with E-state index in [9.17, 15) is 14.7 Å². The fourth-order valence-electron chi connectivity index (χ4n) is 3.95. The molecule has 5 nitrogen and oxygen atoms in total. The molecule has 25 heavy (non-hydrogen) atoms. The van der Waals surface area contributed by atoms with Crippen LogP contribution in [0, 0.1) is 11.8 Å². The van der Waals surface area contributed by atoms with Crippen LogP contribution in [-0.4, -0.2) is 52.9 Å². The Morgan fingerprint density at radius 3 is 2.48 bits per heavy atom. The van der Waals surface area contributed by atoms with E-state index < -0.39 is 5.60 Å². The van der Waals surface area contributed by atoms with E-state index in [1.165, 1.54) is 0 Å². The van der Waals surface area contributed by atoms with Crippen LogP contribution in [0.3, 0.4) is 0 Å². The maximum atomic E-state index is 12.8. The number of amides is 2. The Balaban J connectivity index is 1.58. The zero-order chi connectivity index (χ0) is 18.0. The molecule has 2 heterocycles. The van der Waals surface area contributed by atoms with E-state index in [1.807, 2.05) is 40.1 Å². The number of nitrogens with zero attached hydrogens (tertiary/aromatic N) is 2. The molecule has 3 rings (SSSR count). The normalized spacial score (nSPS) is 23.4. The number of likely N-dealkylation sites (tertiary alicyclic amines) is 2. The summed E-state index contributed by atoms with van der Waals surface area (Å²) in [6.45, 7) is 6.50. The average molecular weight is 344 g/mol. The van der Waals surface area contributed by atoms with Gasteiger partial charge in [0.25, 0.3) is 0 Å². The lowest BCUT2D eigenvalue weighted by Crippen LogP contribution is -2.47. The molecular weight excluding hydrogens is 316 g/mol. The van der Waals surface area contributed by atoms with Gasteiger partial charge in [0.15, 0.2) is 0 Å². The summed E-state index contributed by atoms with van der Waals surface area (Å²) >= 11 is 0. The second-order valence-electron chi connectivity index (χ2n) is 7.82. The Morgan fingerprint density at radius 2 is 1.88 bits per heavy atom. The zero-order valence-corrected chi connectivity index (χ0v) is 15.1. The van der Waals surface area contributed by atoms with Crippen molar-refractivity contribution in [1.29, 1.82) is 0 Å². The number of carbonyl (C=O) groups excluding carboxylic acids is 2. The highest BCUT2D eigenvalue weighted by Crippen LogP contribution is 2.33. The van der Waals surface area contributed by atoms with E-state index in [0.29, 0.717) is 44.8 Å². The van der Waals surface area contributed by atoms with Gasteiger partial charge in [0.2, 0.25) is 11.8 Å². The van der Waals surface area contributed by atoms with Gasteiger partial charge in [0, 0.05) is 32.6 Å². The van der Waals surface area contributed by atoms with Crippen LogP contribution < -0.4 is 0 Å². The number of hydrogen-bond donors (Lipinski definition) is 1. The summed E-state index contributed by atoms with van der Waals surface area (Å²) in [4.78, 5) is 28.5. The van der Waals surface area contributed by atoms with E-state index in [0.717, 1.165) is 12.1 Å². The maximum Gasteiger partial charge on any atom is 0.227 e. The number of aliphatic hydroxyl groups is 1. The molecular formula is C20H28N2O3. The first-order valence-corrected chi connectivity index (χ1v) is 9.23. The molecule has 0 radical (unpaired) electrons. The molecule has 1 unspecified atom stereocenters. The predicted octanol–water partition coefficient (Wildman–Crippen LogP) is 2.00. The number of benzene rings is 1. The molecule has 1 aromatic carbocycles. The van der Waals surface area contributed by atoms with Gasteiger partial charge in [0.05, 0.1) is 11.5 Å². The lowest BCUT2D eigenvalue weighted by molar-refractivity contribution is -0.140. The summed E-state index contributed by atoms with van der Waals surface area (Å²) in [5, 5.41) is 10.9. The minimum atomic E-state index is -0.854. The Hall–Kier alpha value is -1.88. The van der Waals surface area contributed by atoms with Crippen molar-refractivity contribution in [3.05, 3.63) is 35.9 Å². The predicted molar refractivity (Wildman–Crippen MR) is 95.7 cm³/mol. The van der Waals surface area contributed by atoms with Crippen LogP contribution in [0.1, 0.15) is 38.7 Å². The molecule has 1 atom stereocenters. The first-order valence-electron chi connectivity index (χ1n) is 9.23. The molecule has 5 heteroatoms. The lowest BCUT2D eigenvalue weighted by Gasteiger charge is -2.39. The van der Waals surface area contributed by atoms with Gasteiger partial charge in [-0.15, -0.1) is 0 Å². The molecule has 2 fully saturated rings. The third-order valence-electron chi connectivity index (χ3n) is 5.36. The molecule has 1 N–H and O–H groups in total. The minimum absolute atomic E-state index is 0.0646. The summed E-state index contributed by atoms with van der Waals surface area (Å²) in [6.07, 6.45) is 1.41. The summed E-state index contributed by atoms with van der Waals surface area (Å²) in [5.74, 6) is 0.336. The molecule has 2 aliphatic heterocycles. The molecule has 136 valence electrons. The Morgan fingerprint density at radius 1 is 1.24 bits per heavy atom. The van der Waals surface area contributed by atoms with Gasteiger partial charge in [-0.3, -0.25) is 9.59 Å². The highest BCUT2D eigenvalue weighted by Gasteiger charge is 2.40.